The van der Waals surface area contributed by atoms with Crippen LogP contribution >= 0.6 is 0 Å². The minimum Gasteiger partial charge on any atom is -0.508 e. The van der Waals surface area contributed by atoms with Gasteiger partial charge >= 0.3 is 23.9 Å². The molecule has 4 aromatic rings. The van der Waals surface area contributed by atoms with E-state index in [0.717, 1.165) is 50.1 Å². The normalized spacial score (nSPS) is 17.8. The Morgan fingerprint density at radius 3 is 1.42 bits per heavy atom. The highest BCUT2D eigenvalue weighted by molar-refractivity contribution is 6.02. The van der Waals surface area contributed by atoms with E-state index in [-0.39, 0.29) is 66.8 Å². The van der Waals surface area contributed by atoms with Gasteiger partial charge in [0.2, 0.25) is 0 Å². The van der Waals surface area contributed by atoms with E-state index in [1.807, 2.05) is 166 Å². The molecule has 3 atom stereocenters. The molecule has 0 aliphatic heterocycles. The predicted octanol–water partition coefficient (Wildman–Crippen LogP) is 16.9. The molecule has 0 amide bonds. The van der Waals surface area contributed by atoms with E-state index < -0.39 is 41.5 Å². The molecule has 90 heavy (non-hydrogen) atoms. The number of carbonyl (C=O) groups excluding carboxylic acids is 6. The van der Waals surface area contributed by atoms with Crippen LogP contribution in [0.5, 0.6) is 28.7 Å². The molecule has 3 unspecified atom stereocenters. The Balaban J connectivity index is 0.00000729. The number of esters is 4. The second-order valence-corrected chi connectivity index (χ2v) is 22.6. The van der Waals surface area contributed by atoms with Crippen molar-refractivity contribution in [2.24, 2.45) is 11.3 Å². The summed E-state index contributed by atoms with van der Waals surface area (Å²) in [4.78, 5) is 77.5. The topological polar surface area (TPSA) is 200 Å². The molecular weight excluding hydrogens is 1130 g/mol. The Labute approximate surface area is 530 Å². The number of rotatable bonds is 24. The quantitative estimate of drug-likeness (QED) is 0.0259. The van der Waals surface area contributed by atoms with E-state index in [9.17, 15) is 44.1 Å². The Morgan fingerprint density at radius 1 is 0.489 bits per heavy atom. The second-order valence-electron chi connectivity index (χ2n) is 22.6. The maximum absolute atomic E-state index is 13.5. The molecule has 0 heterocycles. The average Bonchev–Trinajstić information content (AvgIpc) is 0.843. The number of carbonyl (C=O) groups is 6. The molecule has 0 fully saturated rings. The van der Waals surface area contributed by atoms with Crippen LogP contribution in [0.3, 0.4) is 0 Å². The fourth-order valence-electron chi connectivity index (χ4n) is 9.70. The first-order chi connectivity index (χ1) is 42.9. The van der Waals surface area contributed by atoms with Crippen molar-refractivity contribution in [3.8, 4) is 28.7 Å². The first kappa shape index (κ1) is 70.9. The Kier molecular flexibility index (Phi) is 27.7. The van der Waals surface area contributed by atoms with E-state index in [2.05, 4.69) is 0 Å². The fourth-order valence-corrected chi connectivity index (χ4v) is 9.70. The van der Waals surface area contributed by atoms with Crippen molar-refractivity contribution in [2.75, 3.05) is 0 Å². The monoisotopic (exact) mass is 1220 g/mol. The van der Waals surface area contributed by atoms with Crippen LogP contribution in [0.2, 0.25) is 0 Å². The highest BCUT2D eigenvalue weighted by Gasteiger charge is 2.40. The number of Topliss-reactive ketones (excluding diaryl/α,β-unsaturated/α-hetero) is 2. The summed E-state index contributed by atoms with van der Waals surface area (Å²) >= 11 is 0. The van der Waals surface area contributed by atoms with E-state index in [1.54, 1.807) is 92.7 Å². The van der Waals surface area contributed by atoms with Gasteiger partial charge in [-0.15, -0.1) is 0 Å². The Bertz CT molecular complexity index is 3630. The molecule has 6 rings (SSSR count). The summed E-state index contributed by atoms with van der Waals surface area (Å²) in [7, 11) is 0. The van der Waals surface area contributed by atoms with Crippen molar-refractivity contribution >= 4 is 59.7 Å². The van der Waals surface area contributed by atoms with Crippen molar-refractivity contribution in [1.82, 2.24) is 0 Å². The lowest BCUT2D eigenvalue weighted by Gasteiger charge is -2.36. The van der Waals surface area contributed by atoms with Crippen LogP contribution in [0.25, 0.3) is 24.3 Å². The zero-order valence-corrected chi connectivity index (χ0v) is 53.5. The number of hydrogen-bond acceptors (Lipinski definition) is 13. The molecule has 3 N–H and O–H groups in total. The lowest BCUT2D eigenvalue weighted by Crippen LogP contribution is -2.39. The maximum atomic E-state index is 13.5. The SMILES string of the molecule is CC.CC1=C(/C=C/C(C)=C/C=C/C(C)=C/C=C/C=C(C)/C=C/C=C(C)/C=C/C2=C(C)C(=O)C(OC(=O)CCC(=O)Oc3ccc(/C=C/c4cc(O)cc(O)c4)cc3)CC2(C)C)C(C)CC(OC(=O)CCC(=O)Oc2ccc(/C=C/c3cccc(O)c3)cc2)C1=O. The van der Waals surface area contributed by atoms with Gasteiger partial charge in [-0.3, -0.25) is 28.8 Å². The zero-order valence-electron chi connectivity index (χ0n) is 53.5. The zero-order chi connectivity index (χ0) is 65.9. The molecule has 4 aromatic carbocycles. The predicted molar refractivity (Wildman–Crippen MR) is 358 cm³/mol. The van der Waals surface area contributed by atoms with Gasteiger partial charge in [0.25, 0.3) is 0 Å². The molecule has 0 spiro atoms. The minimum atomic E-state index is -0.970. The van der Waals surface area contributed by atoms with Crippen LogP contribution < -0.4 is 9.47 Å². The molecule has 0 bridgehead atoms. The second kappa shape index (κ2) is 35.2. The summed E-state index contributed by atoms with van der Waals surface area (Å²) in [5, 5.41) is 29.0. The number of phenolic OH excluding ortho intramolecular Hbond substituents is 3. The maximum Gasteiger partial charge on any atom is 0.311 e. The lowest BCUT2D eigenvalue weighted by molar-refractivity contribution is -0.157. The summed E-state index contributed by atoms with van der Waals surface area (Å²) in [5.41, 5.74) is 9.46. The van der Waals surface area contributed by atoms with Gasteiger partial charge in [-0.05, 0) is 152 Å². The van der Waals surface area contributed by atoms with Gasteiger partial charge < -0.3 is 34.3 Å². The molecule has 13 nitrogen and oxygen atoms in total. The number of ether oxygens (including phenoxy) is 4. The minimum absolute atomic E-state index is 0.0461. The number of allylic oxidation sites excluding steroid dienone is 20. The third-order valence-electron chi connectivity index (χ3n) is 14.6. The number of ketones is 2. The molecule has 0 saturated carbocycles. The van der Waals surface area contributed by atoms with Gasteiger partial charge in [-0.1, -0.05) is 203 Å². The van der Waals surface area contributed by atoms with Gasteiger partial charge in [0.05, 0.1) is 25.7 Å². The van der Waals surface area contributed by atoms with E-state index in [4.69, 9.17) is 18.9 Å². The van der Waals surface area contributed by atoms with Gasteiger partial charge in [0.15, 0.2) is 23.8 Å². The number of hydrogen-bond donors (Lipinski definition) is 3. The average molecular weight is 1220 g/mol. The molecule has 0 saturated heterocycles. The largest absolute Gasteiger partial charge is 0.508 e. The van der Waals surface area contributed by atoms with Crippen molar-refractivity contribution < 1.29 is 63.0 Å². The van der Waals surface area contributed by atoms with Crippen LogP contribution in [-0.4, -0.2) is 63.0 Å². The first-order valence-corrected chi connectivity index (χ1v) is 30.2. The van der Waals surface area contributed by atoms with Gasteiger partial charge in [0.1, 0.15) is 28.7 Å². The molecule has 2 aliphatic carbocycles. The van der Waals surface area contributed by atoms with Crippen LogP contribution in [-0.2, 0) is 38.2 Å². The van der Waals surface area contributed by atoms with E-state index in [0.29, 0.717) is 34.6 Å². The van der Waals surface area contributed by atoms with Crippen LogP contribution in [0.4, 0.5) is 0 Å². The molecule has 13 heteroatoms. The number of benzene rings is 4. The lowest BCUT2D eigenvalue weighted by atomic mass is 9.71. The number of phenols is 3. The van der Waals surface area contributed by atoms with Crippen molar-refractivity contribution in [3.63, 3.8) is 0 Å². The van der Waals surface area contributed by atoms with Crippen LogP contribution in [0.15, 0.2) is 221 Å². The van der Waals surface area contributed by atoms with Crippen LogP contribution in [0.1, 0.15) is 137 Å². The molecular formula is C77H84O13. The fraction of sp³-hybridized carbons (Fsp3) is 0.273. The highest BCUT2D eigenvalue weighted by Crippen LogP contribution is 2.41. The van der Waals surface area contributed by atoms with E-state index in [1.165, 1.54) is 18.2 Å². The molecule has 470 valence electrons. The summed E-state index contributed by atoms with van der Waals surface area (Å²) < 4.78 is 22.0. The summed E-state index contributed by atoms with van der Waals surface area (Å²) in [6.45, 7) is 21.5. The standard InChI is InChI=1S/C75H78O13.C2H6/c1-49(17-12-19-51(3)23-37-65-53(5)43-67(73(83)54(65)6)87-71(81)41-39-69(79)85-63-33-29-56(30-34-63)25-27-58-21-14-22-60(76)44-58)15-10-11-16-50(2)18-13-20-52(4)24-38-66-55(7)74(84)68(48-75(66,8)9)88-72(82)42-40-70(80)86-64-35-31-57(32-36-64)26-28-59-45-61(77)47-62(78)46-59;1-2/h10-38,44-47,53,67-68,76-78H,39-43,48H2,1-9H3;1-2H3/b11-10+,17-12+,18-13+,27-25+,28-26+,37-23+,38-24+,49-15+,50-16+,51-19+,52-20+;. The third kappa shape index (κ3) is 23.7. The molecule has 2 aliphatic rings. The molecule has 0 radical (unpaired) electrons. The summed E-state index contributed by atoms with van der Waals surface area (Å²) in [5.74, 6) is -2.39. The van der Waals surface area contributed by atoms with Crippen LogP contribution in [0, 0.1) is 11.3 Å². The Hall–Kier alpha value is -9.88. The number of aromatic hydroxyl groups is 3. The van der Waals surface area contributed by atoms with Crippen molar-refractivity contribution in [3.05, 3.63) is 243 Å². The molecule has 0 aromatic heterocycles. The van der Waals surface area contributed by atoms with E-state index >= 15 is 0 Å². The third-order valence-corrected chi connectivity index (χ3v) is 14.6. The summed E-state index contributed by atoms with van der Waals surface area (Å²) in [6, 6.07) is 24.7. The van der Waals surface area contributed by atoms with Crippen molar-refractivity contribution in [2.45, 2.75) is 127 Å². The summed E-state index contributed by atoms with van der Waals surface area (Å²) in [6.07, 6.45) is 32.7. The van der Waals surface area contributed by atoms with Crippen molar-refractivity contribution in [1.29, 1.82) is 0 Å². The Morgan fingerprint density at radius 2 is 0.911 bits per heavy atom. The first-order valence-electron chi connectivity index (χ1n) is 30.2. The highest BCUT2D eigenvalue weighted by atomic mass is 16.6. The van der Waals surface area contributed by atoms with Gasteiger partial charge in [0, 0.05) is 12.5 Å². The smallest absolute Gasteiger partial charge is 0.311 e. The van der Waals surface area contributed by atoms with Gasteiger partial charge in [-0.2, -0.15) is 0 Å². The van der Waals surface area contributed by atoms with Gasteiger partial charge in [-0.25, -0.2) is 0 Å².